The molecule has 0 saturated carbocycles. The van der Waals surface area contributed by atoms with Crippen LogP contribution in [-0.2, 0) is 19.7 Å². The molecule has 2 rings (SSSR count). The third-order valence-corrected chi connectivity index (χ3v) is 4.06. The van der Waals surface area contributed by atoms with E-state index in [0.717, 1.165) is 11.1 Å². The predicted octanol–water partition coefficient (Wildman–Crippen LogP) is 2.67. The lowest BCUT2D eigenvalue weighted by Crippen LogP contribution is -2.49. The van der Waals surface area contributed by atoms with Gasteiger partial charge in [-0.25, -0.2) is 4.79 Å². The van der Waals surface area contributed by atoms with Crippen LogP contribution in [0.5, 0.6) is 0 Å². The Morgan fingerprint density at radius 2 is 1.39 bits per heavy atom. The van der Waals surface area contributed by atoms with Crippen molar-refractivity contribution >= 4 is 11.9 Å². The summed E-state index contributed by atoms with van der Waals surface area (Å²) in [4.78, 5) is 24.6. The van der Waals surface area contributed by atoms with E-state index in [0.29, 0.717) is 0 Å². The zero-order valence-corrected chi connectivity index (χ0v) is 13.6. The van der Waals surface area contributed by atoms with Crippen molar-refractivity contribution in [3.05, 3.63) is 71.8 Å². The second kappa shape index (κ2) is 7.09. The smallest absolute Gasteiger partial charge is 0.328 e. The van der Waals surface area contributed by atoms with Crippen LogP contribution in [0.3, 0.4) is 0 Å². The molecule has 23 heavy (non-hydrogen) atoms. The van der Waals surface area contributed by atoms with Crippen LogP contribution in [0.25, 0.3) is 0 Å². The maximum atomic E-state index is 13.0. The van der Waals surface area contributed by atoms with Gasteiger partial charge < -0.3 is 10.1 Å². The van der Waals surface area contributed by atoms with Crippen molar-refractivity contribution < 1.29 is 14.3 Å². The number of benzene rings is 2. The van der Waals surface area contributed by atoms with Crippen LogP contribution in [0.4, 0.5) is 0 Å². The number of carbonyl (C=O) groups excluding carboxylic acids is 2. The fraction of sp³-hybridized carbons (Fsp3) is 0.263. The summed E-state index contributed by atoms with van der Waals surface area (Å²) in [7, 11) is 1.30. The first-order valence-corrected chi connectivity index (χ1v) is 7.50. The number of ether oxygens (including phenoxy) is 1. The van der Waals surface area contributed by atoms with E-state index in [4.69, 9.17) is 0 Å². The van der Waals surface area contributed by atoms with E-state index >= 15 is 0 Å². The molecule has 0 saturated heterocycles. The molecule has 0 radical (unpaired) electrons. The minimum absolute atomic E-state index is 0.243. The molecule has 0 heterocycles. The molecular weight excluding hydrogens is 290 g/mol. The van der Waals surface area contributed by atoms with Crippen molar-refractivity contribution in [2.75, 3.05) is 7.11 Å². The molecule has 0 unspecified atom stereocenters. The molecule has 0 aliphatic heterocycles. The predicted molar refractivity (Wildman–Crippen MR) is 89.0 cm³/mol. The van der Waals surface area contributed by atoms with Crippen molar-refractivity contribution in [3.8, 4) is 0 Å². The second-order valence-corrected chi connectivity index (χ2v) is 5.58. The highest BCUT2D eigenvalue weighted by Crippen LogP contribution is 2.32. The normalized spacial score (nSPS) is 12.3. The first-order chi connectivity index (χ1) is 11.0. The zero-order valence-electron chi connectivity index (χ0n) is 13.6. The van der Waals surface area contributed by atoms with E-state index < -0.39 is 17.4 Å². The number of hydrogen-bond donors (Lipinski definition) is 1. The number of methoxy groups -OCH3 is 1. The minimum Gasteiger partial charge on any atom is -0.467 e. The molecule has 1 atom stereocenters. The van der Waals surface area contributed by atoms with Crippen molar-refractivity contribution in [2.24, 2.45) is 0 Å². The Bertz CT molecular complexity index is 628. The number of amides is 1. The molecule has 0 bridgehead atoms. The molecule has 2 aromatic carbocycles. The highest BCUT2D eigenvalue weighted by atomic mass is 16.5. The number of rotatable bonds is 5. The van der Waals surface area contributed by atoms with Gasteiger partial charge in [-0.3, -0.25) is 4.79 Å². The molecule has 1 N–H and O–H groups in total. The van der Waals surface area contributed by atoms with Crippen molar-refractivity contribution in [1.29, 1.82) is 0 Å². The van der Waals surface area contributed by atoms with Crippen LogP contribution >= 0.6 is 0 Å². The van der Waals surface area contributed by atoms with Crippen molar-refractivity contribution in [3.63, 3.8) is 0 Å². The summed E-state index contributed by atoms with van der Waals surface area (Å²) in [5.74, 6) is -0.713. The fourth-order valence-corrected chi connectivity index (χ4v) is 2.55. The molecule has 4 heteroatoms. The SMILES string of the molecule is COC(=O)[C@H](C)NC(=O)C(C)(c1ccccc1)c1ccccc1. The van der Waals surface area contributed by atoms with Gasteiger partial charge in [0.25, 0.3) is 0 Å². The summed E-state index contributed by atoms with van der Waals surface area (Å²) in [6.45, 7) is 3.47. The van der Waals surface area contributed by atoms with Crippen LogP contribution in [0.15, 0.2) is 60.7 Å². The van der Waals surface area contributed by atoms with E-state index in [1.54, 1.807) is 6.92 Å². The van der Waals surface area contributed by atoms with Gasteiger partial charge in [0.05, 0.1) is 12.5 Å². The topological polar surface area (TPSA) is 55.4 Å². The summed E-state index contributed by atoms with van der Waals surface area (Å²) in [6, 6.07) is 18.3. The van der Waals surface area contributed by atoms with Gasteiger partial charge in [-0.2, -0.15) is 0 Å². The Kier molecular flexibility index (Phi) is 5.16. The standard InChI is InChI=1S/C19H21NO3/c1-14(17(21)23-3)20-18(22)19(2,15-10-6-4-7-11-15)16-12-8-5-9-13-16/h4-14H,1-3H3,(H,20,22)/t14-/m0/s1. The summed E-state index contributed by atoms with van der Waals surface area (Å²) in [6.07, 6.45) is 0. The van der Waals surface area contributed by atoms with Crippen molar-refractivity contribution in [1.82, 2.24) is 5.32 Å². The van der Waals surface area contributed by atoms with Gasteiger partial charge in [-0.15, -0.1) is 0 Å². The first kappa shape index (κ1) is 16.7. The quantitative estimate of drug-likeness (QED) is 0.864. The maximum Gasteiger partial charge on any atom is 0.328 e. The third kappa shape index (κ3) is 3.42. The minimum atomic E-state index is -0.898. The molecule has 1 amide bonds. The second-order valence-electron chi connectivity index (χ2n) is 5.58. The zero-order chi connectivity index (χ0) is 16.9. The molecule has 0 aliphatic carbocycles. The summed E-state index contributed by atoms with van der Waals surface area (Å²) >= 11 is 0. The molecule has 0 aliphatic rings. The lowest BCUT2D eigenvalue weighted by molar-refractivity contribution is -0.145. The van der Waals surface area contributed by atoms with Gasteiger partial charge in [0.1, 0.15) is 6.04 Å². The summed E-state index contributed by atoms with van der Waals surface area (Å²) in [5, 5.41) is 2.75. The van der Waals surface area contributed by atoms with E-state index in [1.807, 2.05) is 67.6 Å². The molecular formula is C19H21NO3. The Hall–Kier alpha value is -2.62. The van der Waals surface area contributed by atoms with E-state index in [2.05, 4.69) is 10.1 Å². The molecule has 0 spiro atoms. The lowest BCUT2D eigenvalue weighted by Gasteiger charge is -2.30. The Morgan fingerprint density at radius 3 is 1.78 bits per heavy atom. The molecule has 0 aromatic heterocycles. The van der Waals surface area contributed by atoms with Gasteiger partial charge in [-0.1, -0.05) is 60.7 Å². The molecule has 2 aromatic rings. The van der Waals surface area contributed by atoms with Gasteiger partial charge in [0.2, 0.25) is 5.91 Å². The van der Waals surface area contributed by atoms with Crippen LogP contribution in [-0.4, -0.2) is 25.0 Å². The summed E-state index contributed by atoms with van der Waals surface area (Å²) < 4.78 is 4.68. The number of nitrogens with one attached hydrogen (secondary N) is 1. The Balaban J connectivity index is 2.43. The van der Waals surface area contributed by atoms with Gasteiger partial charge in [0.15, 0.2) is 0 Å². The van der Waals surface area contributed by atoms with Gasteiger partial charge in [0, 0.05) is 0 Å². The van der Waals surface area contributed by atoms with E-state index in [1.165, 1.54) is 7.11 Å². The third-order valence-electron chi connectivity index (χ3n) is 4.06. The largest absolute Gasteiger partial charge is 0.467 e. The van der Waals surface area contributed by atoms with E-state index in [9.17, 15) is 9.59 Å². The van der Waals surface area contributed by atoms with Crippen LogP contribution in [0.1, 0.15) is 25.0 Å². The Labute approximate surface area is 136 Å². The maximum absolute atomic E-state index is 13.0. The first-order valence-electron chi connectivity index (χ1n) is 7.50. The molecule has 120 valence electrons. The van der Waals surface area contributed by atoms with Crippen LogP contribution in [0.2, 0.25) is 0 Å². The highest BCUT2D eigenvalue weighted by molar-refractivity contribution is 5.94. The number of esters is 1. The van der Waals surface area contributed by atoms with Crippen LogP contribution < -0.4 is 5.32 Å². The van der Waals surface area contributed by atoms with Crippen LogP contribution in [0, 0.1) is 0 Å². The molecule has 4 nitrogen and oxygen atoms in total. The molecule has 0 fully saturated rings. The highest BCUT2D eigenvalue weighted by Gasteiger charge is 2.38. The average Bonchev–Trinajstić information content (AvgIpc) is 2.61. The lowest BCUT2D eigenvalue weighted by atomic mass is 9.75. The monoisotopic (exact) mass is 311 g/mol. The summed E-state index contributed by atoms with van der Waals surface area (Å²) in [5.41, 5.74) is 0.826. The van der Waals surface area contributed by atoms with Gasteiger partial charge >= 0.3 is 5.97 Å². The Morgan fingerprint density at radius 1 is 0.957 bits per heavy atom. The average molecular weight is 311 g/mol. The number of hydrogen-bond acceptors (Lipinski definition) is 3. The number of carbonyl (C=O) groups is 2. The van der Waals surface area contributed by atoms with Crippen molar-refractivity contribution in [2.45, 2.75) is 25.3 Å². The fourth-order valence-electron chi connectivity index (χ4n) is 2.55. The van der Waals surface area contributed by atoms with Gasteiger partial charge in [-0.05, 0) is 25.0 Å². The van der Waals surface area contributed by atoms with E-state index in [-0.39, 0.29) is 5.91 Å².